The number of aryl methyl sites for hydroxylation is 1. The fourth-order valence-electron chi connectivity index (χ4n) is 5.93. The molecule has 7 heteroatoms. The number of hydrogen-bond donors (Lipinski definition) is 2. The molecule has 2 fully saturated rings. The van der Waals surface area contributed by atoms with Crippen LogP contribution in [0.4, 0.5) is 0 Å². The average molecular weight is 645 g/mol. The Morgan fingerprint density at radius 1 is 1.18 bits per heavy atom. The van der Waals surface area contributed by atoms with Crippen molar-refractivity contribution in [3.05, 3.63) is 29.1 Å². The Morgan fingerprint density at radius 2 is 2.03 bits per heavy atom. The minimum atomic E-state index is -0.0760. The van der Waals surface area contributed by atoms with Crippen LogP contribution in [0.1, 0.15) is 115 Å². The second-order valence-corrected chi connectivity index (χ2v) is 15.1. The number of aliphatic hydroxyl groups excluding tert-OH is 1. The number of nitrogens with one attached hydrogen (secondary N) is 1. The van der Waals surface area contributed by atoms with Crippen molar-refractivity contribution >= 4 is 0 Å². The van der Waals surface area contributed by atoms with E-state index in [1.165, 1.54) is 39.4 Å². The Morgan fingerprint density at radius 3 is 2.82 bits per heavy atom. The Kier molecular flexibility index (Phi) is 15.2. The van der Waals surface area contributed by atoms with Gasteiger partial charge in [0.2, 0.25) is 0 Å². The summed E-state index contributed by atoms with van der Waals surface area (Å²) in [5.74, 6) is 1.74. The van der Waals surface area contributed by atoms with Gasteiger partial charge in [-0.1, -0.05) is 19.9 Å². The maximum atomic E-state index is 9.52. The molecule has 2 aliphatic rings. The molecule has 0 spiro atoms. The zero-order valence-electron chi connectivity index (χ0n) is 24.6. The van der Waals surface area contributed by atoms with Crippen molar-refractivity contribution in [3.8, 4) is 0 Å². The molecule has 0 saturated carbocycles. The molecule has 0 aliphatic carbocycles. The molecule has 38 heavy (non-hydrogen) atoms. The topological polar surface area (TPSA) is 68.5 Å². The van der Waals surface area contributed by atoms with Gasteiger partial charge in [0.25, 0.3) is 0 Å². The van der Waals surface area contributed by atoms with Crippen molar-refractivity contribution in [2.24, 2.45) is 11.8 Å². The van der Waals surface area contributed by atoms with Crippen molar-refractivity contribution in [2.75, 3.05) is 35.3 Å². The van der Waals surface area contributed by atoms with E-state index in [9.17, 15) is 5.11 Å². The molecule has 3 heterocycles. The number of allylic oxidation sites excluding steroid dienone is 1. The van der Waals surface area contributed by atoms with Crippen LogP contribution in [-0.4, -0.2) is 56.2 Å². The van der Waals surface area contributed by atoms with Gasteiger partial charge in [0, 0.05) is 0 Å². The van der Waals surface area contributed by atoms with Crippen LogP contribution in [0.5, 0.6) is 0 Å². The SMILES string of the molecule is C/C=C(/CO)CC[C@H](C)[C@@H](C)C[C@@H]1CCCO[C@H](c2cnn(CCCC[I-]CC)c2[C@H]2CCCOCC2)N1. The van der Waals surface area contributed by atoms with E-state index in [1.54, 1.807) is 0 Å². The molecule has 2 saturated heterocycles. The van der Waals surface area contributed by atoms with Crippen molar-refractivity contribution in [2.45, 2.75) is 117 Å². The van der Waals surface area contributed by atoms with Crippen molar-refractivity contribution in [1.29, 1.82) is 0 Å². The first kappa shape index (κ1) is 32.0. The van der Waals surface area contributed by atoms with Crippen LogP contribution in [0.2, 0.25) is 0 Å². The second-order valence-electron chi connectivity index (χ2n) is 11.4. The van der Waals surface area contributed by atoms with Gasteiger partial charge in [0.15, 0.2) is 0 Å². The molecule has 1 aromatic heterocycles. The molecular weight excluding hydrogens is 589 g/mol. The quantitative estimate of drug-likeness (QED) is 0.133. The summed E-state index contributed by atoms with van der Waals surface area (Å²) in [5, 5.41) is 18.4. The first-order valence-electron chi connectivity index (χ1n) is 15.4. The standard InChI is InChI=1S/C31H55IN3O3/c1-5-26(23-36)14-13-24(3)25(4)21-28-12-10-19-38-31(34-28)29-22-33-35(17-8-7-16-32-6-2)30(29)27-11-9-18-37-20-15-27/h5,22,24-25,27-28,31,34,36H,6-21,23H2,1-4H3/q-1/b26-5+/t24-,25-,27-,28-,31+/m0/s1. The van der Waals surface area contributed by atoms with Gasteiger partial charge in [-0.3, -0.25) is 0 Å². The second kappa shape index (κ2) is 18.1. The fourth-order valence-corrected chi connectivity index (χ4v) is 7.77. The van der Waals surface area contributed by atoms with Crippen LogP contribution in [0.3, 0.4) is 0 Å². The predicted octanol–water partition coefficient (Wildman–Crippen LogP) is 3.20. The van der Waals surface area contributed by atoms with Gasteiger partial charge in [0.1, 0.15) is 0 Å². The van der Waals surface area contributed by atoms with E-state index >= 15 is 0 Å². The number of unbranched alkanes of at least 4 members (excludes halogenated alkanes) is 1. The van der Waals surface area contributed by atoms with Gasteiger partial charge in [-0.2, -0.15) is 0 Å². The number of ether oxygens (including phenoxy) is 2. The van der Waals surface area contributed by atoms with Crippen LogP contribution in [0, 0.1) is 11.8 Å². The predicted molar refractivity (Wildman–Crippen MR) is 152 cm³/mol. The third-order valence-electron chi connectivity index (χ3n) is 8.64. The summed E-state index contributed by atoms with van der Waals surface area (Å²) in [4.78, 5) is 0. The molecule has 5 atom stereocenters. The number of aromatic nitrogens is 2. The summed E-state index contributed by atoms with van der Waals surface area (Å²) >= 11 is 0.396. The van der Waals surface area contributed by atoms with E-state index in [4.69, 9.17) is 14.6 Å². The average Bonchev–Trinajstić information content (AvgIpc) is 3.08. The van der Waals surface area contributed by atoms with Crippen LogP contribution >= 0.6 is 0 Å². The molecule has 2 aliphatic heterocycles. The third-order valence-corrected chi connectivity index (χ3v) is 11.2. The molecule has 2 N–H and O–H groups in total. The van der Waals surface area contributed by atoms with E-state index < -0.39 is 0 Å². The molecule has 0 bridgehead atoms. The van der Waals surface area contributed by atoms with Crippen molar-refractivity contribution < 1.29 is 35.8 Å². The number of rotatable bonds is 15. The van der Waals surface area contributed by atoms with E-state index in [2.05, 4.69) is 43.0 Å². The first-order valence-corrected chi connectivity index (χ1v) is 18.4. The summed E-state index contributed by atoms with van der Waals surface area (Å²) in [6, 6.07) is 0.450. The fraction of sp³-hybridized carbons (Fsp3) is 0.839. The van der Waals surface area contributed by atoms with Crippen molar-refractivity contribution in [3.63, 3.8) is 0 Å². The number of aliphatic hydroxyl groups is 1. The summed E-state index contributed by atoms with van der Waals surface area (Å²) in [5.41, 5.74) is 3.83. The molecular formula is C31H55IN3O3-. The molecule has 220 valence electrons. The van der Waals surface area contributed by atoms with E-state index in [-0.39, 0.29) is 12.8 Å². The molecule has 0 radical (unpaired) electrons. The molecule has 0 amide bonds. The molecule has 6 nitrogen and oxygen atoms in total. The summed E-state index contributed by atoms with van der Waals surface area (Å²) in [6.45, 7) is 12.9. The molecule has 1 aromatic rings. The van der Waals surface area contributed by atoms with E-state index in [1.807, 2.05) is 6.92 Å². The number of hydrogen-bond acceptors (Lipinski definition) is 5. The normalized spacial score (nSPS) is 25.2. The van der Waals surface area contributed by atoms with Crippen LogP contribution < -0.4 is 26.5 Å². The Balaban J connectivity index is 1.69. The Bertz CT molecular complexity index is 806. The van der Waals surface area contributed by atoms with E-state index in [0.29, 0.717) is 45.0 Å². The zero-order valence-corrected chi connectivity index (χ0v) is 26.8. The monoisotopic (exact) mass is 644 g/mol. The number of halogens is 1. The van der Waals surface area contributed by atoms with Gasteiger partial charge in [0.05, 0.1) is 6.61 Å². The van der Waals surface area contributed by atoms with Crippen molar-refractivity contribution in [1.82, 2.24) is 15.1 Å². The minimum absolute atomic E-state index is 0.0760. The van der Waals surface area contributed by atoms with E-state index in [0.717, 1.165) is 76.9 Å². The van der Waals surface area contributed by atoms with Gasteiger partial charge < -0.3 is 5.11 Å². The zero-order chi connectivity index (χ0) is 27.2. The Labute approximate surface area is 243 Å². The first-order chi connectivity index (χ1) is 18.6. The molecule has 0 aromatic carbocycles. The van der Waals surface area contributed by atoms with Gasteiger partial charge in [-0.15, -0.1) is 0 Å². The summed E-state index contributed by atoms with van der Waals surface area (Å²) in [7, 11) is 0. The Hall–Kier alpha value is -0.480. The van der Waals surface area contributed by atoms with Crippen LogP contribution in [0.15, 0.2) is 17.8 Å². The van der Waals surface area contributed by atoms with Crippen LogP contribution in [-0.2, 0) is 16.0 Å². The van der Waals surface area contributed by atoms with Crippen LogP contribution in [0.25, 0.3) is 0 Å². The number of nitrogens with zero attached hydrogens (tertiary/aromatic N) is 2. The summed E-state index contributed by atoms with van der Waals surface area (Å²) < 4.78 is 17.5. The number of alkyl halides is 2. The van der Waals surface area contributed by atoms with Gasteiger partial charge in [-0.25, -0.2) is 0 Å². The van der Waals surface area contributed by atoms with Gasteiger partial charge >= 0.3 is 181 Å². The summed E-state index contributed by atoms with van der Waals surface area (Å²) in [6.07, 6.45) is 15.6. The third kappa shape index (κ3) is 10.2. The molecule has 0 unspecified atom stereocenters. The molecule has 3 rings (SSSR count). The van der Waals surface area contributed by atoms with Gasteiger partial charge in [-0.05, 0) is 31.3 Å². The maximum absolute atomic E-state index is 9.52.